The smallest absolute Gasteiger partial charge is 0.274 e. The number of nitrogens with one attached hydrogen (secondary N) is 1. The monoisotopic (exact) mass is 278 g/mol. The maximum absolute atomic E-state index is 12.0. The number of rotatable bonds is 2. The second-order valence-corrected chi connectivity index (χ2v) is 4.87. The van der Waals surface area contributed by atoms with Crippen molar-refractivity contribution >= 4 is 22.9 Å². The molecule has 0 unspecified atom stereocenters. The van der Waals surface area contributed by atoms with Crippen molar-refractivity contribution in [2.45, 2.75) is 6.92 Å². The summed E-state index contributed by atoms with van der Waals surface area (Å²) in [5, 5.41) is 10.2. The molecule has 0 atom stereocenters. The van der Waals surface area contributed by atoms with E-state index in [1.54, 1.807) is 12.1 Å². The Bertz CT molecular complexity index is 894. The van der Waals surface area contributed by atoms with Crippen LogP contribution in [0.15, 0.2) is 53.3 Å². The molecule has 0 aliphatic heterocycles. The molecule has 4 heteroatoms. The summed E-state index contributed by atoms with van der Waals surface area (Å²) < 4.78 is 0. The molecule has 0 spiro atoms. The molecule has 0 aliphatic carbocycles. The molecule has 0 fully saturated rings. The molecular formula is C17H14N2O2. The van der Waals surface area contributed by atoms with E-state index in [-0.39, 0.29) is 17.0 Å². The second-order valence-electron chi connectivity index (χ2n) is 4.87. The number of hydrogen-bond acceptors (Lipinski definition) is 3. The largest absolute Gasteiger partial charge is 0.507 e. The molecule has 0 saturated carbocycles. The lowest BCUT2D eigenvalue weighted by Gasteiger charge is -2.02. The lowest BCUT2D eigenvalue weighted by atomic mass is 10.1. The minimum Gasteiger partial charge on any atom is -0.507 e. The number of aliphatic hydroxyl groups is 1. The van der Waals surface area contributed by atoms with E-state index in [1.807, 2.05) is 43.3 Å². The molecule has 21 heavy (non-hydrogen) atoms. The topological polar surface area (TPSA) is 66.0 Å². The van der Waals surface area contributed by atoms with Crippen molar-refractivity contribution in [1.82, 2.24) is 9.97 Å². The number of aliphatic hydroxyl groups excluding tert-OH is 1. The number of nitrogens with zero attached hydrogens (tertiary/aromatic N) is 1. The van der Waals surface area contributed by atoms with E-state index in [4.69, 9.17) is 0 Å². The quantitative estimate of drug-likeness (QED) is 0.707. The molecule has 0 radical (unpaired) electrons. The summed E-state index contributed by atoms with van der Waals surface area (Å²) in [6, 6.07) is 14.7. The van der Waals surface area contributed by atoms with Crippen LogP contribution < -0.4 is 5.56 Å². The van der Waals surface area contributed by atoms with E-state index >= 15 is 0 Å². The number of fused-ring (bicyclic) bond motifs is 1. The maximum Gasteiger partial charge on any atom is 0.274 e. The summed E-state index contributed by atoms with van der Waals surface area (Å²) in [5.74, 6) is 0.0204. The van der Waals surface area contributed by atoms with E-state index in [0.29, 0.717) is 16.6 Å². The van der Waals surface area contributed by atoms with Gasteiger partial charge in [0, 0.05) is 11.6 Å². The Morgan fingerprint density at radius 1 is 1.19 bits per heavy atom. The number of aromatic amines is 1. The summed E-state index contributed by atoms with van der Waals surface area (Å²) in [4.78, 5) is 19.0. The van der Waals surface area contributed by atoms with Gasteiger partial charge in [-0.3, -0.25) is 4.79 Å². The van der Waals surface area contributed by atoms with E-state index < -0.39 is 0 Å². The van der Waals surface area contributed by atoms with Crippen molar-refractivity contribution in [3.63, 3.8) is 0 Å². The third-order valence-electron chi connectivity index (χ3n) is 3.21. The lowest BCUT2D eigenvalue weighted by molar-refractivity contribution is 0.515. The second kappa shape index (κ2) is 5.25. The Kier molecular flexibility index (Phi) is 3.28. The zero-order valence-corrected chi connectivity index (χ0v) is 11.5. The minimum atomic E-state index is -0.326. The van der Waals surface area contributed by atoms with Gasteiger partial charge in [0.15, 0.2) is 0 Å². The molecule has 3 aromatic rings. The molecule has 0 aliphatic rings. The van der Waals surface area contributed by atoms with E-state index in [2.05, 4.69) is 9.97 Å². The van der Waals surface area contributed by atoms with Gasteiger partial charge in [-0.2, -0.15) is 0 Å². The molecular weight excluding hydrogens is 264 g/mol. The van der Waals surface area contributed by atoms with Crippen molar-refractivity contribution in [2.24, 2.45) is 0 Å². The Balaban J connectivity index is 2.10. The number of aryl methyl sites for hydroxylation is 1. The number of hydrogen-bond donors (Lipinski definition) is 2. The van der Waals surface area contributed by atoms with Gasteiger partial charge in [-0.05, 0) is 25.1 Å². The minimum absolute atomic E-state index is 0.0204. The van der Waals surface area contributed by atoms with Crippen molar-refractivity contribution in [3.8, 4) is 0 Å². The molecule has 1 heterocycles. The predicted molar refractivity (Wildman–Crippen MR) is 84.0 cm³/mol. The molecule has 0 amide bonds. The average Bonchev–Trinajstić information content (AvgIpc) is 2.48. The maximum atomic E-state index is 12.0. The third kappa shape index (κ3) is 2.69. The molecule has 4 nitrogen and oxygen atoms in total. The standard InChI is InChI=1S/C17H14N2O2/c1-11-5-4-6-12(9-11)16(20)10-15-17(21)19-14-8-3-2-7-13(14)18-15/h2-10,20H,1H3,(H,19,21)/b16-10-. The van der Waals surface area contributed by atoms with E-state index in [1.165, 1.54) is 6.08 Å². The van der Waals surface area contributed by atoms with Gasteiger partial charge >= 0.3 is 0 Å². The molecule has 0 saturated heterocycles. The van der Waals surface area contributed by atoms with Gasteiger partial charge in [0.05, 0.1) is 11.0 Å². The highest BCUT2D eigenvalue weighted by Gasteiger charge is 2.05. The van der Waals surface area contributed by atoms with Crippen molar-refractivity contribution < 1.29 is 5.11 Å². The van der Waals surface area contributed by atoms with Crippen LogP contribution >= 0.6 is 0 Å². The fourth-order valence-electron chi connectivity index (χ4n) is 2.16. The summed E-state index contributed by atoms with van der Waals surface area (Å²) in [5.41, 5.74) is 2.91. The first-order valence-electron chi connectivity index (χ1n) is 6.60. The Morgan fingerprint density at radius 2 is 2.00 bits per heavy atom. The Morgan fingerprint density at radius 3 is 2.81 bits per heavy atom. The van der Waals surface area contributed by atoms with Crippen molar-refractivity contribution in [3.05, 3.63) is 75.7 Å². The third-order valence-corrected chi connectivity index (χ3v) is 3.21. The van der Waals surface area contributed by atoms with Crippen LogP contribution in [0.5, 0.6) is 0 Å². The highest BCUT2D eigenvalue weighted by molar-refractivity contribution is 5.79. The van der Waals surface area contributed by atoms with Crippen LogP contribution in [0.4, 0.5) is 0 Å². The predicted octanol–water partition coefficient (Wildman–Crippen LogP) is 3.29. The van der Waals surface area contributed by atoms with Crippen LogP contribution in [0.3, 0.4) is 0 Å². The fraction of sp³-hybridized carbons (Fsp3) is 0.0588. The normalized spacial score (nSPS) is 11.8. The molecule has 1 aromatic heterocycles. The fourth-order valence-corrected chi connectivity index (χ4v) is 2.16. The Labute approximate surface area is 121 Å². The van der Waals surface area contributed by atoms with Crippen LogP contribution in [-0.4, -0.2) is 15.1 Å². The number of H-pyrrole nitrogens is 1. The molecule has 0 bridgehead atoms. The van der Waals surface area contributed by atoms with E-state index in [0.717, 1.165) is 5.56 Å². The first kappa shape index (κ1) is 13.1. The van der Waals surface area contributed by atoms with Crippen LogP contribution in [0.1, 0.15) is 16.8 Å². The molecule has 2 N–H and O–H groups in total. The molecule has 3 rings (SSSR count). The number of para-hydroxylation sites is 2. The highest BCUT2D eigenvalue weighted by atomic mass is 16.3. The molecule has 2 aromatic carbocycles. The van der Waals surface area contributed by atoms with Gasteiger partial charge in [-0.25, -0.2) is 4.98 Å². The van der Waals surface area contributed by atoms with Crippen LogP contribution in [0.25, 0.3) is 22.9 Å². The van der Waals surface area contributed by atoms with Crippen LogP contribution in [0.2, 0.25) is 0 Å². The van der Waals surface area contributed by atoms with Gasteiger partial charge in [0.2, 0.25) is 0 Å². The highest BCUT2D eigenvalue weighted by Crippen LogP contribution is 2.15. The summed E-state index contributed by atoms with van der Waals surface area (Å²) in [6.07, 6.45) is 1.39. The van der Waals surface area contributed by atoms with Crippen molar-refractivity contribution in [2.75, 3.05) is 0 Å². The van der Waals surface area contributed by atoms with Gasteiger partial charge in [-0.15, -0.1) is 0 Å². The van der Waals surface area contributed by atoms with Crippen molar-refractivity contribution in [1.29, 1.82) is 0 Å². The van der Waals surface area contributed by atoms with Crippen LogP contribution in [-0.2, 0) is 0 Å². The Hall–Kier alpha value is -2.88. The average molecular weight is 278 g/mol. The number of benzene rings is 2. The van der Waals surface area contributed by atoms with Gasteiger partial charge in [0.1, 0.15) is 11.5 Å². The molecule has 104 valence electrons. The first-order valence-corrected chi connectivity index (χ1v) is 6.60. The number of aromatic nitrogens is 2. The zero-order chi connectivity index (χ0) is 14.8. The zero-order valence-electron chi connectivity index (χ0n) is 11.5. The SMILES string of the molecule is Cc1cccc(/C(O)=C/c2nc3ccccc3[nH]c2=O)c1. The van der Waals surface area contributed by atoms with Gasteiger partial charge in [0.25, 0.3) is 5.56 Å². The van der Waals surface area contributed by atoms with Gasteiger partial charge < -0.3 is 10.1 Å². The van der Waals surface area contributed by atoms with Gasteiger partial charge in [-0.1, -0.05) is 35.9 Å². The van der Waals surface area contributed by atoms with E-state index in [9.17, 15) is 9.90 Å². The lowest BCUT2D eigenvalue weighted by Crippen LogP contribution is -2.12. The summed E-state index contributed by atoms with van der Waals surface area (Å²) in [6.45, 7) is 1.94. The summed E-state index contributed by atoms with van der Waals surface area (Å²) >= 11 is 0. The summed E-state index contributed by atoms with van der Waals surface area (Å²) in [7, 11) is 0. The first-order chi connectivity index (χ1) is 10.1. The van der Waals surface area contributed by atoms with Crippen LogP contribution in [0, 0.1) is 6.92 Å².